The highest BCUT2D eigenvalue weighted by molar-refractivity contribution is 7.79. The number of hydrogen-bond donors (Lipinski definition) is 1. The standard InChI is InChI=1S/C14H24O3SSi/c1-5-15-19(16-6-2,17-7-3)14-10-12(4)8-9-13(14)11-18/h8-10,18H,5-7,11H2,1-4H3. The molecule has 108 valence electrons. The van der Waals surface area contributed by atoms with Gasteiger partial charge in [-0.1, -0.05) is 23.8 Å². The van der Waals surface area contributed by atoms with Crippen LogP contribution in [0.1, 0.15) is 31.9 Å². The van der Waals surface area contributed by atoms with Gasteiger partial charge in [-0.2, -0.15) is 12.6 Å². The van der Waals surface area contributed by atoms with Gasteiger partial charge in [0.15, 0.2) is 0 Å². The molecule has 0 heterocycles. The molecule has 0 amide bonds. The maximum absolute atomic E-state index is 5.95. The van der Waals surface area contributed by atoms with Crippen LogP contribution in [0.15, 0.2) is 18.2 Å². The smallest absolute Gasteiger partial charge is 0.370 e. The lowest BCUT2D eigenvalue weighted by atomic mass is 10.2. The second-order valence-electron chi connectivity index (χ2n) is 4.17. The Bertz CT molecular complexity index is 381. The summed E-state index contributed by atoms with van der Waals surface area (Å²) in [4.78, 5) is 0. The van der Waals surface area contributed by atoms with E-state index in [1.807, 2.05) is 20.8 Å². The number of rotatable bonds is 8. The molecule has 3 nitrogen and oxygen atoms in total. The van der Waals surface area contributed by atoms with Crippen molar-refractivity contribution < 1.29 is 13.3 Å². The third kappa shape index (κ3) is 4.06. The maximum Gasteiger partial charge on any atom is 0.537 e. The van der Waals surface area contributed by atoms with Crippen LogP contribution in [0.2, 0.25) is 0 Å². The van der Waals surface area contributed by atoms with Crippen molar-refractivity contribution in [3.05, 3.63) is 29.3 Å². The van der Waals surface area contributed by atoms with E-state index in [1.54, 1.807) is 0 Å². The summed E-state index contributed by atoms with van der Waals surface area (Å²) >= 11 is 4.41. The summed E-state index contributed by atoms with van der Waals surface area (Å²) in [7, 11) is -2.82. The van der Waals surface area contributed by atoms with Gasteiger partial charge in [0.05, 0.1) is 0 Å². The van der Waals surface area contributed by atoms with Crippen molar-refractivity contribution >= 4 is 26.6 Å². The minimum Gasteiger partial charge on any atom is -0.370 e. The third-order valence-corrected chi connectivity index (χ3v) is 6.24. The van der Waals surface area contributed by atoms with Crippen molar-refractivity contribution in [1.29, 1.82) is 0 Å². The van der Waals surface area contributed by atoms with Crippen LogP contribution in [0.5, 0.6) is 0 Å². The summed E-state index contributed by atoms with van der Waals surface area (Å²) in [6.07, 6.45) is 0. The monoisotopic (exact) mass is 300 g/mol. The molecule has 0 N–H and O–H groups in total. The molecule has 1 aromatic rings. The van der Waals surface area contributed by atoms with Crippen LogP contribution in [-0.4, -0.2) is 28.6 Å². The molecule has 0 atom stereocenters. The molecule has 0 aliphatic carbocycles. The minimum absolute atomic E-state index is 0.576. The third-order valence-electron chi connectivity index (χ3n) is 2.77. The van der Waals surface area contributed by atoms with Gasteiger partial charge in [-0.25, -0.2) is 0 Å². The van der Waals surface area contributed by atoms with Crippen LogP contribution in [-0.2, 0) is 19.0 Å². The summed E-state index contributed by atoms with van der Waals surface area (Å²) in [6, 6.07) is 6.27. The Balaban J connectivity index is 3.31. The SMILES string of the molecule is CCO[Si](OCC)(OCC)c1cc(C)ccc1CS. The quantitative estimate of drug-likeness (QED) is 0.591. The first kappa shape index (κ1) is 16.7. The second-order valence-corrected chi connectivity index (χ2v) is 7.01. The van der Waals surface area contributed by atoms with Gasteiger partial charge in [-0.3, -0.25) is 0 Å². The van der Waals surface area contributed by atoms with Crippen molar-refractivity contribution in [2.45, 2.75) is 33.4 Å². The molecule has 5 heteroatoms. The molecule has 0 spiro atoms. The Morgan fingerprint density at radius 3 is 1.95 bits per heavy atom. The van der Waals surface area contributed by atoms with Gasteiger partial charge in [0, 0.05) is 30.8 Å². The van der Waals surface area contributed by atoms with Gasteiger partial charge in [0.25, 0.3) is 0 Å². The summed E-state index contributed by atoms with van der Waals surface area (Å²) in [5.74, 6) is 0.650. The van der Waals surface area contributed by atoms with Gasteiger partial charge in [-0.05, 0) is 33.3 Å². The van der Waals surface area contributed by atoms with Gasteiger partial charge in [0.1, 0.15) is 0 Å². The second kappa shape index (κ2) is 8.07. The van der Waals surface area contributed by atoms with E-state index in [0.29, 0.717) is 25.6 Å². The zero-order valence-electron chi connectivity index (χ0n) is 12.2. The first-order chi connectivity index (χ1) is 9.13. The summed E-state index contributed by atoms with van der Waals surface area (Å²) in [5.41, 5.74) is 2.30. The molecule has 0 fully saturated rings. The zero-order chi connectivity index (χ0) is 14.3. The van der Waals surface area contributed by atoms with Crippen LogP contribution in [0.3, 0.4) is 0 Å². The summed E-state index contributed by atoms with van der Waals surface area (Å²) in [6.45, 7) is 9.70. The normalized spacial score (nSPS) is 11.8. The predicted octanol–water partition coefficient (Wildman–Crippen LogP) is 2.68. The van der Waals surface area contributed by atoms with E-state index in [-0.39, 0.29) is 0 Å². The van der Waals surface area contributed by atoms with E-state index < -0.39 is 8.80 Å². The van der Waals surface area contributed by atoms with E-state index in [0.717, 1.165) is 10.8 Å². The lowest BCUT2D eigenvalue weighted by Crippen LogP contribution is -2.58. The van der Waals surface area contributed by atoms with Crippen molar-refractivity contribution in [3.8, 4) is 0 Å². The molecular formula is C14H24O3SSi. The molecule has 0 aromatic heterocycles. The molecule has 0 aliphatic rings. The predicted molar refractivity (Wildman–Crippen MR) is 84.1 cm³/mol. The van der Waals surface area contributed by atoms with Crippen molar-refractivity contribution in [2.75, 3.05) is 19.8 Å². The highest BCUT2D eigenvalue weighted by Gasteiger charge is 2.44. The van der Waals surface area contributed by atoms with Gasteiger partial charge < -0.3 is 13.3 Å². The molecule has 0 radical (unpaired) electrons. The number of benzene rings is 1. The molecule has 0 saturated heterocycles. The first-order valence-electron chi connectivity index (χ1n) is 6.76. The van der Waals surface area contributed by atoms with E-state index in [9.17, 15) is 0 Å². The molecule has 1 rings (SSSR count). The average Bonchev–Trinajstić information content (AvgIpc) is 2.39. The Morgan fingerprint density at radius 2 is 1.53 bits per heavy atom. The number of thiol groups is 1. The van der Waals surface area contributed by atoms with Crippen molar-refractivity contribution in [2.24, 2.45) is 0 Å². The Hall–Kier alpha value is -0.333. The van der Waals surface area contributed by atoms with Crippen LogP contribution >= 0.6 is 12.6 Å². The fourth-order valence-electron chi connectivity index (χ4n) is 2.04. The van der Waals surface area contributed by atoms with Crippen molar-refractivity contribution in [1.82, 2.24) is 0 Å². The van der Waals surface area contributed by atoms with Crippen LogP contribution in [0.25, 0.3) is 0 Å². The van der Waals surface area contributed by atoms with E-state index >= 15 is 0 Å². The van der Waals surface area contributed by atoms with Gasteiger partial charge >= 0.3 is 8.80 Å². The van der Waals surface area contributed by atoms with Gasteiger partial charge in [0.2, 0.25) is 0 Å². The van der Waals surface area contributed by atoms with E-state index in [4.69, 9.17) is 13.3 Å². The van der Waals surface area contributed by atoms with Crippen LogP contribution < -0.4 is 5.19 Å². The topological polar surface area (TPSA) is 27.7 Å². The molecule has 0 unspecified atom stereocenters. The Kier molecular flexibility index (Phi) is 7.10. The number of hydrogen-bond acceptors (Lipinski definition) is 4. The molecule has 19 heavy (non-hydrogen) atoms. The van der Waals surface area contributed by atoms with E-state index in [2.05, 4.69) is 37.8 Å². The Morgan fingerprint density at radius 1 is 1.00 bits per heavy atom. The minimum atomic E-state index is -2.82. The largest absolute Gasteiger partial charge is 0.537 e. The van der Waals surface area contributed by atoms with Crippen molar-refractivity contribution in [3.63, 3.8) is 0 Å². The lowest BCUT2D eigenvalue weighted by Gasteiger charge is -2.30. The van der Waals surface area contributed by atoms with Crippen LogP contribution in [0.4, 0.5) is 0 Å². The zero-order valence-corrected chi connectivity index (χ0v) is 14.1. The summed E-state index contributed by atoms with van der Waals surface area (Å²) in [5, 5.41) is 1.05. The lowest BCUT2D eigenvalue weighted by molar-refractivity contribution is 0.0857. The van der Waals surface area contributed by atoms with E-state index in [1.165, 1.54) is 5.56 Å². The Labute approximate surface area is 123 Å². The summed E-state index contributed by atoms with van der Waals surface area (Å²) < 4.78 is 17.9. The fraction of sp³-hybridized carbons (Fsp3) is 0.571. The molecule has 0 saturated carbocycles. The number of aryl methyl sites for hydroxylation is 1. The maximum atomic E-state index is 5.95. The highest BCUT2D eigenvalue weighted by atomic mass is 32.1. The van der Waals surface area contributed by atoms with Gasteiger partial charge in [-0.15, -0.1) is 0 Å². The fourth-order valence-corrected chi connectivity index (χ4v) is 5.29. The van der Waals surface area contributed by atoms with Crippen LogP contribution in [0, 0.1) is 6.92 Å². The molecule has 0 aliphatic heterocycles. The highest BCUT2D eigenvalue weighted by Crippen LogP contribution is 2.16. The first-order valence-corrected chi connectivity index (χ1v) is 9.11. The molecule has 0 bridgehead atoms. The molecular weight excluding hydrogens is 276 g/mol. The molecule has 1 aromatic carbocycles. The average molecular weight is 300 g/mol.